The molecule has 17 heavy (non-hydrogen) atoms. The van der Waals surface area contributed by atoms with Gasteiger partial charge in [-0.25, -0.2) is 0 Å². The first-order chi connectivity index (χ1) is 8.23. The summed E-state index contributed by atoms with van der Waals surface area (Å²) < 4.78 is 5.29. The van der Waals surface area contributed by atoms with Crippen LogP contribution in [0.3, 0.4) is 0 Å². The van der Waals surface area contributed by atoms with E-state index in [0.29, 0.717) is 23.3 Å². The van der Waals surface area contributed by atoms with E-state index in [1.807, 2.05) is 24.3 Å². The van der Waals surface area contributed by atoms with E-state index in [1.54, 1.807) is 0 Å². The van der Waals surface area contributed by atoms with Crippen molar-refractivity contribution in [2.75, 3.05) is 6.54 Å². The zero-order chi connectivity index (χ0) is 11.9. The summed E-state index contributed by atoms with van der Waals surface area (Å²) in [5, 5.41) is 4.68. The predicted octanol–water partition coefficient (Wildman–Crippen LogP) is 2.38. The first-order valence-electron chi connectivity index (χ1n) is 5.54. The Bertz CT molecular complexity index is 531. The van der Waals surface area contributed by atoms with Gasteiger partial charge in [0, 0.05) is 17.1 Å². The Kier molecular flexibility index (Phi) is 2.42. The maximum absolute atomic E-state index is 5.83. The molecule has 0 bridgehead atoms. The van der Waals surface area contributed by atoms with Gasteiger partial charge in [0.05, 0.1) is 5.41 Å². The fourth-order valence-electron chi connectivity index (χ4n) is 1.81. The summed E-state index contributed by atoms with van der Waals surface area (Å²) in [6.07, 6.45) is 2.07. The summed E-state index contributed by atoms with van der Waals surface area (Å²) in [6.45, 7) is 0.565. The smallest absolute Gasteiger partial charge is 0.234 e. The highest BCUT2D eigenvalue weighted by atomic mass is 35.5. The van der Waals surface area contributed by atoms with Gasteiger partial charge in [-0.2, -0.15) is 4.98 Å². The van der Waals surface area contributed by atoms with Crippen molar-refractivity contribution in [3.05, 3.63) is 35.2 Å². The highest BCUT2D eigenvalue weighted by Gasteiger charge is 2.48. The third kappa shape index (κ3) is 1.83. The van der Waals surface area contributed by atoms with Gasteiger partial charge in [-0.1, -0.05) is 16.8 Å². The number of nitrogens with two attached hydrogens (primary N) is 1. The molecule has 1 aliphatic rings. The van der Waals surface area contributed by atoms with Crippen molar-refractivity contribution in [3.63, 3.8) is 0 Å². The van der Waals surface area contributed by atoms with Crippen LogP contribution in [-0.2, 0) is 5.41 Å². The number of hydrogen-bond acceptors (Lipinski definition) is 4. The fourth-order valence-corrected chi connectivity index (χ4v) is 1.94. The molecule has 88 valence electrons. The average molecular weight is 250 g/mol. The van der Waals surface area contributed by atoms with Gasteiger partial charge in [-0.3, -0.25) is 0 Å². The molecule has 0 spiro atoms. The van der Waals surface area contributed by atoms with Crippen LogP contribution in [0, 0.1) is 0 Å². The summed E-state index contributed by atoms with van der Waals surface area (Å²) in [5.74, 6) is 1.25. The molecule has 1 heterocycles. The lowest BCUT2D eigenvalue weighted by Gasteiger charge is -2.03. The lowest BCUT2D eigenvalue weighted by atomic mass is 10.1. The predicted molar refractivity (Wildman–Crippen MR) is 64.7 cm³/mol. The van der Waals surface area contributed by atoms with Crippen LogP contribution in [0.15, 0.2) is 28.8 Å². The van der Waals surface area contributed by atoms with Crippen LogP contribution < -0.4 is 5.73 Å². The van der Waals surface area contributed by atoms with Gasteiger partial charge in [0.2, 0.25) is 11.7 Å². The second-order valence-electron chi connectivity index (χ2n) is 4.41. The van der Waals surface area contributed by atoms with Crippen LogP contribution in [0.25, 0.3) is 11.4 Å². The molecule has 1 aromatic carbocycles. The van der Waals surface area contributed by atoms with E-state index in [9.17, 15) is 0 Å². The van der Waals surface area contributed by atoms with E-state index < -0.39 is 0 Å². The zero-order valence-electron chi connectivity index (χ0n) is 9.19. The molecule has 0 unspecified atom stereocenters. The Morgan fingerprint density at radius 1 is 1.29 bits per heavy atom. The topological polar surface area (TPSA) is 64.9 Å². The standard InChI is InChI=1S/C12H12ClN3O/c13-9-3-1-8(2-4-9)10-15-11(17-16-10)12(7-14)5-6-12/h1-4H,5-7,14H2. The minimum atomic E-state index is -0.0579. The van der Waals surface area contributed by atoms with Gasteiger partial charge in [0.15, 0.2) is 0 Å². The Hall–Kier alpha value is -1.39. The lowest BCUT2D eigenvalue weighted by molar-refractivity contribution is 0.347. The largest absolute Gasteiger partial charge is 0.338 e. The molecule has 0 amide bonds. The van der Waals surface area contributed by atoms with Crippen molar-refractivity contribution in [2.45, 2.75) is 18.3 Å². The second kappa shape index (κ2) is 3.82. The summed E-state index contributed by atoms with van der Waals surface area (Å²) in [6, 6.07) is 7.36. The van der Waals surface area contributed by atoms with Crippen LogP contribution in [0.1, 0.15) is 18.7 Å². The molecular formula is C12H12ClN3O. The molecule has 1 aromatic heterocycles. The first kappa shape index (κ1) is 10.7. The van der Waals surface area contributed by atoms with Crippen molar-refractivity contribution in [2.24, 2.45) is 5.73 Å². The van der Waals surface area contributed by atoms with Crippen molar-refractivity contribution < 1.29 is 4.52 Å². The van der Waals surface area contributed by atoms with E-state index in [2.05, 4.69) is 10.1 Å². The summed E-state index contributed by atoms with van der Waals surface area (Å²) in [4.78, 5) is 4.41. The minimum absolute atomic E-state index is 0.0579. The third-order valence-corrected chi connectivity index (χ3v) is 3.48. The summed E-state index contributed by atoms with van der Waals surface area (Å²) in [7, 11) is 0. The van der Waals surface area contributed by atoms with Crippen LogP contribution in [-0.4, -0.2) is 16.7 Å². The number of halogens is 1. The van der Waals surface area contributed by atoms with E-state index >= 15 is 0 Å². The summed E-state index contributed by atoms with van der Waals surface area (Å²) in [5.41, 5.74) is 6.57. The molecule has 0 aliphatic heterocycles. The quantitative estimate of drug-likeness (QED) is 0.907. The number of rotatable bonds is 3. The zero-order valence-corrected chi connectivity index (χ0v) is 9.94. The molecule has 1 saturated carbocycles. The Morgan fingerprint density at radius 2 is 2.00 bits per heavy atom. The van der Waals surface area contributed by atoms with Gasteiger partial charge in [0.25, 0.3) is 0 Å². The molecule has 0 radical (unpaired) electrons. The molecule has 1 aliphatic carbocycles. The monoisotopic (exact) mass is 249 g/mol. The highest BCUT2D eigenvalue weighted by molar-refractivity contribution is 6.30. The van der Waals surface area contributed by atoms with Gasteiger partial charge in [-0.05, 0) is 37.1 Å². The van der Waals surface area contributed by atoms with Gasteiger partial charge < -0.3 is 10.3 Å². The SMILES string of the molecule is NCC1(c2nc(-c3ccc(Cl)cc3)no2)CC1. The Labute approximate surface area is 104 Å². The number of aromatic nitrogens is 2. The van der Waals surface area contributed by atoms with E-state index in [4.69, 9.17) is 21.9 Å². The molecule has 1 fully saturated rings. The van der Waals surface area contributed by atoms with E-state index in [-0.39, 0.29) is 5.41 Å². The van der Waals surface area contributed by atoms with Gasteiger partial charge in [-0.15, -0.1) is 0 Å². The molecule has 3 rings (SSSR count). The van der Waals surface area contributed by atoms with Crippen LogP contribution in [0.4, 0.5) is 0 Å². The Morgan fingerprint density at radius 3 is 2.59 bits per heavy atom. The fraction of sp³-hybridized carbons (Fsp3) is 0.333. The van der Waals surface area contributed by atoms with Gasteiger partial charge in [0.1, 0.15) is 0 Å². The molecule has 4 nitrogen and oxygen atoms in total. The first-order valence-corrected chi connectivity index (χ1v) is 5.91. The van der Waals surface area contributed by atoms with Crippen molar-refractivity contribution in [1.82, 2.24) is 10.1 Å². The van der Waals surface area contributed by atoms with Crippen LogP contribution >= 0.6 is 11.6 Å². The van der Waals surface area contributed by atoms with Crippen LogP contribution in [0.2, 0.25) is 5.02 Å². The Balaban J connectivity index is 1.92. The third-order valence-electron chi connectivity index (χ3n) is 3.23. The van der Waals surface area contributed by atoms with Crippen molar-refractivity contribution in [3.8, 4) is 11.4 Å². The lowest BCUT2D eigenvalue weighted by Crippen LogP contribution is -2.19. The molecule has 2 N–H and O–H groups in total. The number of hydrogen-bond donors (Lipinski definition) is 1. The highest BCUT2D eigenvalue weighted by Crippen LogP contribution is 2.46. The molecule has 0 atom stereocenters. The molecule has 2 aromatic rings. The van der Waals surface area contributed by atoms with Crippen molar-refractivity contribution >= 4 is 11.6 Å². The van der Waals surface area contributed by atoms with Crippen molar-refractivity contribution in [1.29, 1.82) is 0 Å². The average Bonchev–Trinajstić information content (AvgIpc) is 3.00. The molecule has 0 saturated heterocycles. The maximum Gasteiger partial charge on any atom is 0.234 e. The normalized spacial score (nSPS) is 17.1. The maximum atomic E-state index is 5.83. The molecular weight excluding hydrogens is 238 g/mol. The number of nitrogens with zero attached hydrogens (tertiary/aromatic N) is 2. The summed E-state index contributed by atoms with van der Waals surface area (Å²) >= 11 is 5.83. The van der Waals surface area contributed by atoms with Crippen LogP contribution in [0.5, 0.6) is 0 Å². The molecule has 5 heteroatoms. The second-order valence-corrected chi connectivity index (χ2v) is 4.85. The van der Waals surface area contributed by atoms with E-state index in [1.165, 1.54) is 0 Å². The number of benzene rings is 1. The minimum Gasteiger partial charge on any atom is -0.338 e. The van der Waals surface area contributed by atoms with E-state index in [0.717, 1.165) is 18.4 Å². The van der Waals surface area contributed by atoms with Gasteiger partial charge >= 0.3 is 0 Å².